The summed E-state index contributed by atoms with van der Waals surface area (Å²) < 4.78 is 52.9. The van der Waals surface area contributed by atoms with Gasteiger partial charge in [0, 0.05) is 6.07 Å². The van der Waals surface area contributed by atoms with Gasteiger partial charge in [-0.05, 0) is 24.3 Å². The van der Waals surface area contributed by atoms with E-state index in [4.69, 9.17) is 0 Å². The number of hydrogen-bond donors (Lipinski definition) is 1. The van der Waals surface area contributed by atoms with Gasteiger partial charge in [-0.15, -0.1) is 0 Å². The molecule has 1 heterocycles. The molecule has 1 amide bonds. The van der Waals surface area contributed by atoms with Crippen molar-refractivity contribution in [3.63, 3.8) is 0 Å². The molecule has 9 heteroatoms. The molecule has 0 unspecified atom stereocenters. The molecule has 3 aromatic rings. The van der Waals surface area contributed by atoms with E-state index in [2.05, 4.69) is 10.3 Å². The van der Waals surface area contributed by atoms with E-state index in [1.54, 1.807) is 0 Å². The van der Waals surface area contributed by atoms with Crippen LogP contribution in [-0.2, 0) is 17.5 Å². The van der Waals surface area contributed by atoms with Gasteiger partial charge in [-0.25, -0.2) is 9.37 Å². The molecule has 0 saturated carbocycles. The minimum Gasteiger partial charge on any atom is -0.324 e. The summed E-state index contributed by atoms with van der Waals surface area (Å²) in [4.78, 5) is 28.3. The maximum absolute atomic E-state index is 13.2. The van der Waals surface area contributed by atoms with Gasteiger partial charge in [0.15, 0.2) is 0 Å². The van der Waals surface area contributed by atoms with Crippen molar-refractivity contribution in [1.29, 1.82) is 0 Å². The van der Waals surface area contributed by atoms with Crippen LogP contribution in [0.4, 0.5) is 23.2 Å². The summed E-state index contributed by atoms with van der Waals surface area (Å²) in [6.45, 7) is -0.536. The first-order valence-corrected chi connectivity index (χ1v) is 7.36. The van der Waals surface area contributed by atoms with Crippen LogP contribution in [0.2, 0.25) is 0 Å². The molecule has 2 aromatic carbocycles. The van der Waals surface area contributed by atoms with Crippen LogP contribution in [0, 0.1) is 5.82 Å². The molecule has 3 rings (SSSR count). The van der Waals surface area contributed by atoms with E-state index in [9.17, 15) is 27.2 Å². The van der Waals surface area contributed by atoms with Gasteiger partial charge in [-0.3, -0.25) is 14.2 Å². The average Bonchev–Trinajstić information content (AvgIpc) is 2.57. The first-order valence-electron chi connectivity index (χ1n) is 7.36. The predicted octanol–water partition coefficient (Wildman–Crippen LogP) is 3.19. The van der Waals surface area contributed by atoms with E-state index in [1.807, 2.05) is 0 Å². The van der Waals surface area contributed by atoms with Crippen molar-refractivity contribution in [1.82, 2.24) is 9.55 Å². The van der Waals surface area contributed by atoms with Crippen LogP contribution in [0.5, 0.6) is 0 Å². The number of rotatable bonds is 3. The third-order valence-electron chi connectivity index (χ3n) is 3.61. The van der Waals surface area contributed by atoms with Gasteiger partial charge in [0.2, 0.25) is 5.91 Å². The highest BCUT2D eigenvalue weighted by Gasteiger charge is 2.33. The van der Waals surface area contributed by atoms with Crippen LogP contribution in [0.25, 0.3) is 10.9 Å². The lowest BCUT2D eigenvalue weighted by molar-refractivity contribution is -0.137. The summed E-state index contributed by atoms with van der Waals surface area (Å²) in [5, 5.41) is 2.24. The van der Waals surface area contributed by atoms with Crippen molar-refractivity contribution < 1.29 is 22.4 Å². The third kappa shape index (κ3) is 3.56. The van der Waals surface area contributed by atoms with Gasteiger partial charge in [-0.1, -0.05) is 12.1 Å². The second-order valence-electron chi connectivity index (χ2n) is 5.43. The number of para-hydroxylation sites is 1. The molecule has 1 aromatic heterocycles. The Morgan fingerprint density at radius 1 is 1.15 bits per heavy atom. The van der Waals surface area contributed by atoms with Crippen LogP contribution in [0.1, 0.15) is 5.56 Å². The lowest BCUT2D eigenvalue weighted by Gasteiger charge is -2.14. The fraction of sp³-hybridized carbons (Fsp3) is 0.118. The molecular weight excluding hydrogens is 354 g/mol. The van der Waals surface area contributed by atoms with Crippen molar-refractivity contribution in [2.75, 3.05) is 5.32 Å². The van der Waals surface area contributed by atoms with Gasteiger partial charge in [0.05, 0.1) is 28.5 Å². The summed E-state index contributed by atoms with van der Waals surface area (Å²) in [5.74, 6) is -1.39. The van der Waals surface area contributed by atoms with Crippen molar-refractivity contribution >= 4 is 22.5 Å². The lowest BCUT2D eigenvalue weighted by atomic mass is 10.1. The Hall–Kier alpha value is -3.23. The normalized spacial score (nSPS) is 11.5. The number of hydrogen-bond acceptors (Lipinski definition) is 3. The lowest BCUT2D eigenvalue weighted by Crippen LogP contribution is -2.28. The Bertz CT molecular complexity index is 1040. The molecule has 0 atom stereocenters. The first kappa shape index (κ1) is 17.6. The number of halogens is 4. The molecule has 5 nitrogen and oxygen atoms in total. The quantitative estimate of drug-likeness (QED) is 0.725. The van der Waals surface area contributed by atoms with Gasteiger partial charge in [0.1, 0.15) is 12.4 Å². The fourth-order valence-corrected chi connectivity index (χ4v) is 2.43. The summed E-state index contributed by atoms with van der Waals surface area (Å²) in [6.07, 6.45) is -3.59. The Labute approximate surface area is 143 Å². The number of fused-ring (bicyclic) bond motifs is 1. The maximum Gasteiger partial charge on any atom is 0.418 e. The topological polar surface area (TPSA) is 64.0 Å². The Morgan fingerprint density at radius 2 is 1.88 bits per heavy atom. The number of carbonyl (C=O) groups is 1. The van der Waals surface area contributed by atoms with E-state index < -0.39 is 41.3 Å². The zero-order valence-electron chi connectivity index (χ0n) is 13.0. The Balaban J connectivity index is 1.86. The zero-order chi connectivity index (χ0) is 18.9. The van der Waals surface area contributed by atoms with Gasteiger partial charge in [0.25, 0.3) is 5.56 Å². The highest BCUT2D eigenvalue weighted by molar-refractivity contribution is 5.91. The van der Waals surface area contributed by atoms with Crippen molar-refractivity contribution in [2.24, 2.45) is 0 Å². The van der Waals surface area contributed by atoms with Gasteiger partial charge in [-0.2, -0.15) is 13.2 Å². The number of aromatic nitrogens is 2. The number of nitrogens with zero attached hydrogens (tertiary/aromatic N) is 2. The number of nitrogens with one attached hydrogen (secondary N) is 1. The van der Waals surface area contributed by atoms with Crippen molar-refractivity contribution in [3.8, 4) is 0 Å². The molecular formula is C17H11F4N3O2. The number of alkyl halides is 3. The van der Waals surface area contributed by atoms with E-state index in [-0.39, 0.29) is 10.9 Å². The molecule has 26 heavy (non-hydrogen) atoms. The fourth-order valence-electron chi connectivity index (χ4n) is 2.43. The predicted molar refractivity (Wildman–Crippen MR) is 86.0 cm³/mol. The molecule has 0 fully saturated rings. The molecule has 0 spiro atoms. The molecule has 0 bridgehead atoms. The van der Waals surface area contributed by atoms with Gasteiger partial charge < -0.3 is 5.32 Å². The monoisotopic (exact) mass is 365 g/mol. The average molecular weight is 365 g/mol. The summed E-state index contributed by atoms with van der Waals surface area (Å²) >= 11 is 0. The summed E-state index contributed by atoms with van der Waals surface area (Å²) in [6, 6.07) is 7.89. The number of carbonyl (C=O) groups excluding carboxylic acids is 1. The standard InChI is InChI=1S/C17H11F4N3O2/c18-10-5-6-11-14(7-10)22-9-24(16(11)26)8-15(25)23-13-4-2-1-3-12(13)17(19,20)21/h1-7,9H,8H2,(H,23,25). The summed E-state index contributed by atoms with van der Waals surface area (Å²) in [5.41, 5.74) is -1.88. The molecule has 134 valence electrons. The maximum atomic E-state index is 13.2. The Morgan fingerprint density at radius 3 is 2.62 bits per heavy atom. The van der Waals surface area contributed by atoms with E-state index in [1.165, 1.54) is 18.2 Å². The molecule has 0 aliphatic heterocycles. The summed E-state index contributed by atoms with van der Waals surface area (Å²) in [7, 11) is 0. The highest BCUT2D eigenvalue weighted by Crippen LogP contribution is 2.34. The van der Waals surface area contributed by atoms with Crippen molar-refractivity contribution in [3.05, 3.63) is 70.5 Å². The van der Waals surface area contributed by atoms with E-state index in [0.29, 0.717) is 0 Å². The van der Waals surface area contributed by atoms with E-state index >= 15 is 0 Å². The van der Waals surface area contributed by atoms with E-state index in [0.717, 1.165) is 35.2 Å². The van der Waals surface area contributed by atoms with Crippen LogP contribution < -0.4 is 10.9 Å². The number of anilines is 1. The molecule has 0 aliphatic carbocycles. The Kier molecular flexibility index (Phi) is 4.45. The smallest absolute Gasteiger partial charge is 0.324 e. The van der Waals surface area contributed by atoms with Crippen LogP contribution >= 0.6 is 0 Å². The zero-order valence-corrected chi connectivity index (χ0v) is 13.0. The molecule has 0 aliphatic rings. The third-order valence-corrected chi connectivity index (χ3v) is 3.61. The second-order valence-corrected chi connectivity index (χ2v) is 5.43. The number of amides is 1. The van der Waals surface area contributed by atoms with Crippen molar-refractivity contribution in [2.45, 2.75) is 12.7 Å². The van der Waals surface area contributed by atoms with Crippen LogP contribution in [0.15, 0.2) is 53.6 Å². The molecule has 1 N–H and O–H groups in total. The minimum atomic E-state index is -4.63. The SMILES string of the molecule is O=C(Cn1cnc2cc(F)ccc2c1=O)Nc1ccccc1C(F)(F)F. The number of benzene rings is 2. The first-order chi connectivity index (χ1) is 12.3. The van der Waals surface area contributed by atoms with Gasteiger partial charge >= 0.3 is 6.18 Å². The molecule has 0 saturated heterocycles. The minimum absolute atomic E-state index is 0.0948. The highest BCUT2D eigenvalue weighted by atomic mass is 19.4. The largest absolute Gasteiger partial charge is 0.418 e. The second kappa shape index (κ2) is 6.58. The molecule has 0 radical (unpaired) electrons. The van der Waals surface area contributed by atoms with Crippen LogP contribution in [-0.4, -0.2) is 15.5 Å². The van der Waals surface area contributed by atoms with Crippen LogP contribution in [0.3, 0.4) is 0 Å².